The molecule has 3 aromatic carbocycles. The van der Waals surface area contributed by atoms with Crippen molar-refractivity contribution in [3.63, 3.8) is 0 Å². The summed E-state index contributed by atoms with van der Waals surface area (Å²) in [6.07, 6.45) is 2.03. The van der Waals surface area contributed by atoms with Crippen molar-refractivity contribution in [3.8, 4) is 0 Å². The number of rotatable bonds is 12. The van der Waals surface area contributed by atoms with Crippen LogP contribution in [0.15, 0.2) is 83.3 Å². The molecule has 1 atom stereocenters. The van der Waals surface area contributed by atoms with Gasteiger partial charge in [0, 0.05) is 29.0 Å². The van der Waals surface area contributed by atoms with Gasteiger partial charge in [-0.05, 0) is 51.7 Å². The number of para-hydroxylation sites is 1. The van der Waals surface area contributed by atoms with Crippen LogP contribution in [0.1, 0.15) is 24.5 Å². The van der Waals surface area contributed by atoms with Gasteiger partial charge >= 0.3 is 0 Å². The summed E-state index contributed by atoms with van der Waals surface area (Å²) >= 11 is 9.84. The van der Waals surface area contributed by atoms with Gasteiger partial charge in [0.05, 0.1) is 11.9 Å². The van der Waals surface area contributed by atoms with E-state index in [4.69, 9.17) is 11.6 Å². The van der Waals surface area contributed by atoms with Crippen molar-refractivity contribution in [2.24, 2.45) is 0 Å². The highest BCUT2D eigenvalue weighted by Gasteiger charge is 2.33. The van der Waals surface area contributed by atoms with Crippen molar-refractivity contribution < 1.29 is 18.0 Å². The lowest BCUT2D eigenvalue weighted by molar-refractivity contribution is -0.140. The lowest BCUT2D eigenvalue weighted by Crippen LogP contribution is -2.53. The number of carbonyl (C=O) groups is 2. The first-order chi connectivity index (χ1) is 18.1. The van der Waals surface area contributed by atoms with Crippen molar-refractivity contribution in [2.45, 2.75) is 32.4 Å². The van der Waals surface area contributed by atoms with Crippen LogP contribution in [0.25, 0.3) is 0 Å². The molecule has 0 aliphatic heterocycles. The van der Waals surface area contributed by atoms with Crippen molar-refractivity contribution in [1.29, 1.82) is 0 Å². The van der Waals surface area contributed by atoms with E-state index in [0.29, 0.717) is 27.3 Å². The van der Waals surface area contributed by atoms with Gasteiger partial charge in [-0.2, -0.15) is 0 Å². The third kappa shape index (κ3) is 8.06. The molecule has 0 radical (unpaired) electrons. The molecule has 0 aliphatic rings. The zero-order valence-corrected chi connectivity index (χ0v) is 24.5. The fraction of sp³-hybridized carbons (Fsp3) is 0.286. The molecule has 3 rings (SSSR count). The highest BCUT2D eigenvalue weighted by Crippen LogP contribution is 2.28. The normalized spacial score (nSPS) is 12.0. The Morgan fingerprint density at radius 1 is 0.974 bits per heavy atom. The molecule has 1 N–H and O–H groups in total. The van der Waals surface area contributed by atoms with Gasteiger partial charge in [0.1, 0.15) is 12.6 Å². The number of halogens is 2. The van der Waals surface area contributed by atoms with Gasteiger partial charge in [0.25, 0.3) is 0 Å². The minimum absolute atomic E-state index is 0.0309. The summed E-state index contributed by atoms with van der Waals surface area (Å²) < 4.78 is 27.2. The van der Waals surface area contributed by atoms with Gasteiger partial charge in [0.2, 0.25) is 21.8 Å². The number of carbonyl (C=O) groups excluding carboxylic acids is 2. The van der Waals surface area contributed by atoms with Gasteiger partial charge in [-0.25, -0.2) is 8.42 Å². The monoisotopic (exact) mass is 619 g/mol. The van der Waals surface area contributed by atoms with Gasteiger partial charge in [-0.1, -0.05) is 79.2 Å². The average Bonchev–Trinajstić information content (AvgIpc) is 2.89. The molecule has 0 spiro atoms. The fourth-order valence-electron chi connectivity index (χ4n) is 3.98. The van der Waals surface area contributed by atoms with Crippen LogP contribution in [0.2, 0.25) is 5.02 Å². The zero-order valence-electron chi connectivity index (χ0n) is 21.3. The summed E-state index contributed by atoms with van der Waals surface area (Å²) in [5.74, 6) is -0.846. The topological polar surface area (TPSA) is 86.8 Å². The molecule has 0 saturated carbocycles. The SMILES string of the molecule is CCCNC(=O)C(Cc1ccccc1)N(Cc1ccccc1Cl)C(=O)CN(c1ccccc1Br)S(C)(=O)=O. The lowest BCUT2D eigenvalue weighted by Gasteiger charge is -2.33. The zero-order chi connectivity index (χ0) is 27.7. The Balaban J connectivity index is 2.06. The maximum absolute atomic E-state index is 14.0. The smallest absolute Gasteiger partial charge is 0.244 e. The Bertz CT molecular complexity index is 1350. The molecule has 10 heteroatoms. The van der Waals surface area contributed by atoms with Crippen LogP contribution in [-0.2, 0) is 32.6 Å². The van der Waals surface area contributed by atoms with Crippen molar-refractivity contribution in [3.05, 3.63) is 99.5 Å². The molecule has 1 unspecified atom stereocenters. The quantitative estimate of drug-likeness (QED) is 0.308. The van der Waals surface area contributed by atoms with Gasteiger partial charge in [0.15, 0.2) is 0 Å². The third-order valence-corrected chi connectivity index (χ3v) is 8.08. The number of nitrogens with zero attached hydrogens (tertiary/aromatic N) is 2. The summed E-state index contributed by atoms with van der Waals surface area (Å²) in [6.45, 7) is 1.94. The van der Waals surface area contributed by atoms with E-state index in [2.05, 4.69) is 21.2 Å². The molecular formula is C28H31BrClN3O4S. The van der Waals surface area contributed by atoms with Crippen molar-refractivity contribution in [2.75, 3.05) is 23.7 Å². The Hall–Kier alpha value is -2.88. The summed E-state index contributed by atoms with van der Waals surface area (Å²) in [4.78, 5) is 28.9. The number of hydrogen-bond donors (Lipinski definition) is 1. The van der Waals surface area contributed by atoms with E-state index in [-0.39, 0.29) is 18.9 Å². The number of sulfonamides is 1. The van der Waals surface area contributed by atoms with E-state index < -0.39 is 28.5 Å². The molecule has 0 aromatic heterocycles. The first kappa shape index (κ1) is 29.7. The van der Waals surface area contributed by atoms with Crippen LogP contribution in [0, 0.1) is 0 Å². The fourth-order valence-corrected chi connectivity index (χ4v) is 5.65. The lowest BCUT2D eigenvalue weighted by atomic mass is 10.0. The number of anilines is 1. The Labute approximate surface area is 238 Å². The van der Waals surface area contributed by atoms with Gasteiger partial charge in [-0.15, -0.1) is 0 Å². The van der Waals surface area contributed by atoms with E-state index in [1.54, 1.807) is 48.5 Å². The molecule has 0 aliphatic carbocycles. The van der Waals surface area contributed by atoms with Crippen LogP contribution in [0.3, 0.4) is 0 Å². The second-order valence-corrected chi connectivity index (χ2v) is 12.0. The second-order valence-electron chi connectivity index (χ2n) is 8.83. The minimum atomic E-state index is -3.84. The molecule has 0 saturated heterocycles. The molecular weight excluding hydrogens is 590 g/mol. The first-order valence-corrected chi connectivity index (χ1v) is 15.2. The standard InChI is InChI=1S/C28H31BrClN3O4S/c1-3-17-31-28(35)26(18-21-11-5-4-6-12-21)32(19-22-13-7-9-15-24(22)30)27(34)20-33(38(2,36)37)25-16-10-8-14-23(25)29/h4-16,26H,3,17-20H2,1-2H3,(H,31,35). The van der Waals surface area contributed by atoms with E-state index in [0.717, 1.165) is 22.5 Å². The van der Waals surface area contributed by atoms with Crippen LogP contribution >= 0.6 is 27.5 Å². The highest BCUT2D eigenvalue weighted by atomic mass is 79.9. The molecule has 2 amide bonds. The van der Waals surface area contributed by atoms with Crippen molar-refractivity contribution in [1.82, 2.24) is 10.2 Å². The molecule has 0 bridgehead atoms. The number of amides is 2. The number of benzene rings is 3. The largest absolute Gasteiger partial charge is 0.354 e. The van der Waals surface area contributed by atoms with Crippen LogP contribution in [-0.4, -0.2) is 50.5 Å². The molecule has 3 aromatic rings. The molecule has 38 heavy (non-hydrogen) atoms. The highest BCUT2D eigenvalue weighted by molar-refractivity contribution is 9.10. The predicted molar refractivity (Wildman–Crippen MR) is 156 cm³/mol. The van der Waals surface area contributed by atoms with Crippen LogP contribution in [0.4, 0.5) is 5.69 Å². The maximum Gasteiger partial charge on any atom is 0.244 e. The van der Waals surface area contributed by atoms with E-state index in [9.17, 15) is 18.0 Å². The van der Waals surface area contributed by atoms with Gasteiger partial charge in [-0.3, -0.25) is 13.9 Å². The van der Waals surface area contributed by atoms with Crippen molar-refractivity contribution >= 4 is 55.1 Å². The second kappa shape index (κ2) is 13.8. The molecule has 7 nitrogen and oxygen atoms in total. The summed E-state index contributed by atoms with van der Waals surface area (Å²) in [5.41, 5.74) is 1.85. The Morgan fingerprint density at radius 2 is 1.61 bits per heavy atom. The minimum Gasteiger partial charge on any atom is -0.354 e. The summed E-state index contributed by atoms with van der Waals surface area (Å²) in [5, 5.41) is 3.36. The van der Waals surface area contributed by atoms with Crippen LogP contribution < -0.4 is 9.62 Å². The average molecular weight is 621 g/mol. The Morgan fingerprint density at radius 3 is 2.24 bits per heavy atom. The molecule has 0 heterocycles. The van der Waals surface area contributed by atoms with Gasteiger partial charge < -0.3 is 10.2 Å². The third-order valence-electron chi connectivity index (χ3n) is 5.92. The number of hydrogen-bond acceptors (Lipinski definition) is 4. The number of nitrogens with one attached hydrogen (secondary N) is 1. The van der Waals surface area contributed by atoms with E-state index >= 15 is 0 Å². The summed E-state index contributed by atoms with van der Waals surface area (Å²) in [7, 11) is -3.84. The maximum atomic E-state index is 14.0. The van der Waals surface area contributed by atoms with E-state index in [1.807, 2.05) is 37.3 Å². The Kier molecular flexibility index (Phi) is 10.8. The molecule has 0 fully saturated rings. The summed E-state index contributed by atoms with van der Waals surface area (Å²) in [6, 6.07) is 22.4. The predicted octanol–water partition coefficient (Wildman–Crippen LogP) is 5.03. The first-order valence-electron chi connectivity index (χ1n) is 12.2. The molecule has 202 valence electrons. The van der Waals surface area contributed by atoms with Crippen LogP contribution in [0.5, 0.6) is 0 Å². The van der Waals surface area contributed by atoms with E-state index in [1.165, 1.54) is 4.90 Å².